The molecule has 0 atom stereocenters. The molecule has 0 bridgehead atoms. The molecule has 1 saturated heterocycles. The van der Waals surface area contributed by atoms with Gasteiger partial charge in [-0.1, -0.05) is 11.6 Å². The van der Waals surface area contributed by atoms with Crippen LogP contribution >= 0.6 is 11.6 Å². The van der Waals surface area contributed by atoms with Gasteiger partial charge in [-0.15, -0.1) is 0 Å². The van der Waals surface area contributed by atoms with E-state index in [0.29, 0.717) is 17.2 Å². The summed E-state index contributed by atoms with van der Waals surface area (Å²) < 4.78 is 45.1. The van der Waals surface area contributed by atoms with E-state index in [2.05, 4.69) is 32.5 Å². The van der Waals surface area contributed by atoms with Gasteiger partial charge in [0.15, 0.2) is 0 Å². The first-order valence-corrected chi connectivity index (χ1v) is 12.4. The predicted molar refractivity (Wildman–Crippen MR) is 145 cm³/mol. The number of nitrogens with zero attached hydrogens (tertiary/aromatic N) is 4. The maximum atomic E-state index is 13.1. The summed E-state index contributed by atoms with van der Waals surface area (Å²) in [7, 11) is 2.10. The Morgan fingerprint density at radius 3 is 2.28 bits per heavy atom. The minimum absolute atomic E-state index is 0.0423. The van der Waals surface area contributed by atoms with Crippen LogP contribution in [-0.2, 0) is 6.18 Å². The highest BCUT2D eigenvalue weighted by atomic mass is 35.5. The molecule has 0 saturated carbocycles. The van der Waals surface area contributed by atoms with Crippen molar-refractivity contribution in [3.8, 4) is 11.5 Å². The molecule has 202 valence electrons. The molecule has 39 heavy (non-hydrogen) atoms. The van der Waals surface area contributed by atoms with Crippen molar-refractivity contribution in [1.29, 1.82) is 0 Å². The number of hydrogen-bond acceptors (Lipinski definition) is 6. The number of rotatable bonds is 5. The average Bonchev–Trinajstić information content (AvgIpc) is 2.90. The van der Waals surface area contributed by atoms with Crippen LogP contribution in [0.2, 0.25) is 5.02 Å². The zero-order chi connectivity index (χ0) is 27.6. The Labute approximate surface area is 227 Å². The van der Waals surface area contributed by atoms with Crippen molar-refractivity contribution < 1.29 is 22.7 Å². The molecule has 12 heteroatoms. The van der Waals surface area contributed by atoms with E-state index in [4.69, 9.17) is 21.3 Å². The second-order valence-corrected chi connectivity index (χ2v) is 9.47. The maximum Gasteiger partial charge on any atom is 0.417 e. The molecule has 5 rings (SSSR count). The zero-order valence-corrected chi connectivity index (χ0v) is 21.6. The van der Waals surface area contributed by atoms with Crippen LogP contribution in [0.4, 0.5) is 35.2 Å². The van der Waals surface area contributed by atoms with Crippen molar-refractivity contribution in [2.45, 2.75) is 6.18 Å². The molecular weight excluding hydrogens is 533 g/mol. The third-order valence-corrected chi connectivity index (χ3v) is 6.54. The number of piperazine rings is 1. The third-order valence-electron chi connectivity index (χ3n) is 6.21. The lowest BCUT2D eigenvalue weighted by atomic mass is 10.2. The Morgan fingerprint density at radius 1 is 0.897 bits per heavy atom. The Morgan fingerprint density at radius 2 is 1.56 bits per heavy atom. The highest BCUT2D eigenvalue weighted by Gasteiger charge is 2.33. The molecule has 4 aromatic rings. The molecular formula is C27H24ClF3N6O2. The number of aromatic nitrogens is 2. The lowest BCUT2D eigenvalue weighted by molar-refractivity contribution is -0.137. The first-order valence-electron chi connectivity index (χ1n) is 12.1. The summed E-state index contributed by atoms with van der Waals surface area (Å²) in [5, 5.41) is 4.50. The summed E-state index contributed by atoms with van der Waals surface area (Å²) >= 11 is 5.62. The highest BCUT2D eigenvalue weighted by Crippen LogP contribution is 2.36. The number of anilines is 3. The zero-order valence-electron chi connectivity index (χ0n) is 20.8. The van der Waals surface area contributed by atoms with Crippen molar-refractivity contribution in [3.05, 3.63) is 77.4 Å². The summed E-state index contributed by atoms with van der Waals surface area (Å²) in [5.41, 5.74) is 0.827. The number of carbonyl (C=O) groups excluding carboxylic acids is 1. The largest absolute Gasteiger partial charge is 0.457 e. The van der Waals surface area contributed by atoms with Crippen LogP contribution in [0, 0.1) is 0 Å². The van der Waals surface area contributed by atoms with Crippen LogP contribution in [-0.4, -0.2) is 54.1 Å². The molecule has 0 spiro atoms. The first kappa shape index (κ1) is 26.5. The van der Waals surface area contributed by atoms with E-state index in [1.807, 2.05) is 12.1 Å². The number of benzene rings is 3. The molecule has 0 unspecified atom stereocenters. The Bertz CT molecular complexity index is 1490. The molecule has 1 aromatic heterocycles. The Kier molecular flexibility index (Phi) is 7.45. The van der Waals surface area contributed by atoms with E-state index in [9.17, 15) is 18.0 Å². The maximum absolute atomic E-state index is 13.1. The normalized spacial score (nSPS) is 14.3. The molecule has 1 aliphatic rings. The summed E-state index contributed by atoms with van der Waals surface area (Å²) in [6.45, 7) is 3.71. The van der Waals surface area contributed by atoms with Gasteiger partial charge in [0.1, 0.15) is 17.3 Å². The number of halogens is 4. The summed E-state index contributed by atoms with van der Waals surface area (Å²) in [5.74, 6) is 1.93. The number of alkyl halides is 3. The minimum Gasteiger partial charge on any atom is -0.457 e. The molecule has 0 radical (unpaired) electrons. The van der Waals surface area contributed by atoms with Crippen LogP contribution in [0.25, 0.3) is 11.0 Å². The standard InChI is InChI=1S/C27H24ClF3N6O2/c1-36-10-12-37(13-11-36)25-16-32-23-9-7-20(15-24(23)35-25)39-19-5-2-17(3-6-19)33-26(38)34-18-4-8-22(28)21(14-18)27(29,30)31/h2-9,14-16H,10-13H2,1H3,(H2,33,34,38). The van der Waals surface area contributed by atoms with Crippen molar-refractivity contribution in [3.63, 3.8) is 0 Å². The molecule has 8 nitrogen and oxygen atoms in total. The van der Waals surface area contributed by atoms with E-state index in [1.165, 1.54) is 6.07 Å². The van der Waals surface area contributed by atoms with Gasteiger partial charge < -0.3 is 25.2 Å². The van der Waals surface area contributed by atoms with E-state index in [-0.39, 0.29) is 5.69 Å². The number of fused-ring (bicyclic) bond motifs is 1. The van der Waals surface area contributed by atoms with Crippen LogP contribution in [0.5, 0.6) is 11.5 Å². The average molecular weight is 557 g/mol. The third kappa shape index (κ3) is 6.50. The van der Waals surface area contributed by atoms with Crippen LogP contribution in [0.15, 0.2) is 66.9 Å². The van der Waals surface area contributed by atoms with Crippen molar-refractivity contribution in [1.82, 2.24) is 14.9 Å². The van der Waals surface area contributed by atoms with Gasteiger partial charge in [0.05, 0.1) is 27.8 Å². The predicted octanol–water partition coefficient (Wildman–Crippen LogP) is 6.49. The van der Waals surface area contributed by atoms with Crippen molar-refractivity contribution in [2.24, 2.45) is 0 Å². The van der Waals surface area contributed by atoms with Gasteiger partial charge in [-0.25, -0.2) is 9.78 Å². The second kappa shape index (κ2) is 11.0. The van der Waals surface area contributed by atoms with E-state index >= 15 is 0 Å². The number of nitrogens with one attached hydrogen (secondary N) is 2. The van der Waals surface area contributed by atoms with Gasteiger partial charge in [0, 0.05) is 43.6 Å². The molecule has 1 fully saturated rings. The molecule has 2 heterocycles. The molecule has 2 amide bonds. The first-order chi connectivity index (χ1) is 18.6. The Balaban J connectivity index is 1.22. The molecule has 3 aromatic carbocycles. The smallest absolute Gasteiger partial charge is 0.417 e. The number of hydrogen-bond donors (Lipinski definition) is 2. The monoisotopic (exact) mass is 556 g/mol. The highest BCUT2D eigenvalue weighted by molar-refractivity contribution is 6.31. The number of urea groups is 1. The van der Waals surface area contributed by atoms with E-state index in [1.54, 1.807) is 36.5 Å². The SMILES string of the molecule is CN1CCN(c2cnc3ccc(Oc4ccc(NC(=O)Nc5ccc(Cl)c(C(F)(F)F)c5)cc4)cc3n2)CC1. The van der Waals surface area contributed by atoms with Crippen molar-refractivity contribution >= 4 is 45.9 Å². The number of carbonyl (C=O) groups is 1. The van der Waals surface area contributed by atoms with Gasteiger partial charge in [-0.2, -0.15) is 13.2 Å². The number of amides is 2. The lowest BCUT2D eigenvalue weighted by Crippen LogP contribution is -2.44. The lowest BCUT2D eigenvalue weighted by Gasteiger charge is -2.33. The van der Waals surface area contributed by atoms with Crippen LogP contribution < -0.4 is 20.3 Å². The van der Waals surface area contributed by atoms with Gasteiger partial charge in [-0.3, -0.25) is 4.98 Å². The van der Waals surface area contributed by atoms with Gasteiger partial charge in [0.25, 0.3) is 0 Å². The summed E-state index contributed by atoms with van der Waals surface area (Å²) in [4.78, 5) is 26.1. The fraction of sp³-hybridized carbons (Fsp3) is 0.222. The molecule has 1 aliphatic heterocycles. The number of ether oxygens (including phenoxy) is 1. The Hall–Kier alpha value is -4.09. The topological polar surface area (TPSA) is 82.6 Å². The summed E-state index contributed by atoms with van der Waals surface area (Å²) in [6, 6.07) is 14.5. The second-order valence-electron chi connectivity index (χ2n) is 9.07. The molecule has 0 aliphatic carbocycles. The van der Waals surface area contributed by atoms with Crippen LogP contribution in [0.1, 0.15) is 5.56 Å². The number of likely N-dealkylation sites (N-methyl/N-ethyl adjacent to an activating group) is 1. The molecule has 2 N–H and O–H groups in total. The fourth-order valence-electron chi connectivity index (χ4n) is 4.09. The van der Waals surface area contributed by atoms with E-state index in [0.717, 1.165) is 55.2 Å². The minimum atomic E-state index is -4.63. The van der Waals surface area contributed by atoms with Gasteiger partial charge >= 0.3 is 12.2 Å². The van der Waals surface area contributed by atoms with Crippen LogP contribution in [0.3, 0.4) is 0 Å². The van der Waals surface area contributed by atoms with Gasteiger partial charge in [-0.05, 0) is 61.6 Å². The van der Waals surface area contributed by atoms with Gasteiger partial charge in [0.2, 0.25) is 0 Å². The van der Waals surface area contributed by atoms with E-state index < -0.39 is 22.8 Å². The summed E-state index contributed by atoms with van der Waals surface area (Å²) in [6.07, 6.45) is -2.84. The fourth-order valence-corrected chi connectivity index (χ4v) is 4.31. The quantitative estimate of drug-likeness (QED) is 0.292. The van der Waals surface area contributed by atoms with Crippen molar-refractivity contribution in [2.75, 3.05) is 48.8 Å².